The second kappa shape index (κ2) is 7.22. The molecule has 10 heteroatoms. The van der Waals surface area contributed by atoms with Crippen LogP contribution in [0.25, 0.3) is 0 Å². The van der Waals surface area contributed by atoms with Gasteiger partial charge in [-0.1, -0.05) is 11.6 Å². The molecule has 0 aliphatic heterocycles. The van der Waals surface area contributed by atoms with E-state index in [-0.39, 0.29) is 43.1 Å². The fourth-order valence-electron chi connectivity index (χ4n) is 1.69. The Kier molecular flexibility index (Phi) is 6.11. The minimum atomic E-state index is -4.11. The van der Waals surface area contributed by atoms with Gasteiger partial charge in [-0.25, -0.2) is 18.4 Å². The van der Waals surface area contributed by atoms with Gasteiger partial charge in [0.2, 0.25) is 10.0 Å². The number of anilines is 1. The van der Waals surface area contributed by atoms with Gasteiger partial charge in [0, 0.05) is 0 Å². The Bertz CT molecular complexity index is 783. The van der Waals surface area contributed by atoms with Crippen molar-refractivity contribution in [3.63, 3.8) is 0 Å². The normalized spacial score (nSPS) is 10.8. The van der Waals surface area contributed by atoms with Crippen LogP contribution in [0.1, 0.15) is 17.5 Å². The van der Waals surface area contributed by atoms with Crippen molar-refractivity contribution >= 4 is 33.3 Å². The largest absolute Gasteiger partial charge is 1.00 e. The molecule has 0 aliphatic carbocycles. The van der Waals surface area contributed by atoms with Crippen LogP contribution >= 0.6 is 11.6 Å². The van der Waals surface area contributed by atoms with Crippen LogP contribution in [0.3, 0.4) is 0 Å². The summed E-state index contributed by atoms with van der Waals surface area (Å²) in [5.41, 5.74) is -0.0914. The van der Waals surface area contributed by atoms with E-state index >= 15 is 0 Å². The SMILES string of the molecule is NS(=O)(=O)c1cc(C(=O)O)c(NCc2ccco2)cc1Cl.[H-].[Li+]. The third kappa shape index (κ3) is 4.29. The number of aromatic carboxylic acids is 1. The van der Waals surface area contributed by atoms with Crippen molar-refractivity contribution in [1.29, 1.82) is 0 Å². The van der Waals surface area contributed by atoms with Crippen molar-refractivity contribution in [2.24, 2.45) is 5.14 Å². The standard InChI is InChI=1S/C12H11ClN2O5S.Li.H/c13-9-5-10(15-6-7-2-1-3-20-7)8(12(16)17)4-11(9)21(14,18)19;;/h1-5,15H,6H2,(H,16,17)(H2,14,18,19);;/q;+1;-1. The molecular formula is C12H12ClLiN2O5S. The summed E-state index contributed by atoms with van der Waals surface area (Å²) < 4.78 is 27.8. The van der Waals surface area contributed by atoms with Gasteiger partial charge in [0.05, 0.1) is 29.1 Å². The Balaban J connectivity index is 0.00000242. The predicted octanol–water partition coefficient (Wildman–Crippen LogP) is -0.993. The molecule has 2 aromatic rings. The number of rotatable bonds is 5. The molecular weight excluding hydrogens is 327 g/mol. The van der Waals surface area contributed by atoms with Gasteiger partial charge in [0.15, 0.2) is 0 Å². The van der Waals surface area contributed by atoms with Crippen molar-refractivity contribution in [3.05, 3.63) is 46.9 Å². The van der Waals surface area contributed by atoms with Crippen molar-refractivity contribution in [1.82, 2.24) is 0 Å². The van der Waals surface area contributed by atoms with Gasteiger partial charge in [0.25, 0.3) is 0 Å². The monoisotopic (exact) mass is 338 g/mol. The van der Waals surface area contributed by atoms with Crippen LogP contribution in [0.5, 0.6) is 0 Å². The molecule has 1 heterocycles. The van der Waals surface area contributed by atoms with Gasteiger partial charge >= 0.3 is 24.8 Å². The quantitative estimate of drug-likeness (QED) is 0.601. The first-order valence-corrected chi connectivity index (χ1v) is 7.57. The van der Waals surface area contributed by atoms with Gasteiger partial charge in [-0.2, -0.15) is 0 Å². The summed E-state index contributed by atoms with van der Waals surface area (Å²) in [7, 11) is -4.11. The maximum atomic E-state index is 11.3. The van der Waals surface area contributed by atoms with Crippen LogP contribution < -0.4 is 29.3 Å². The number of benzene rings is 1. The molecule has 0 radical (unpaired) electrons. The molecule has 0 atom stereocenters. The zero-order valence-corrected chi connectivity index (χ0v) is 13.1. The molecule has 2 rings (SSSR count). The third-order valence-corrected chi connectivity index (χ3v) is 4.02. The number of nitrogens with one attached hydrogen (secondary N) is 1. The second-order valence-electron chi connectivity index (χ2n) is 4.11. The van der Waals surface area contributed by atoms with E-state index in [0.29, 0.717) is 5.76 Å². The Morgan fingerprint density at radius 2 is 2.14 bits per heavy atom. The van der Waals surface area contributed by atoms with Crippen molar-refractivity contribution < 1.29 is 43.0 Å². The molecule has 0 saturated carbocycles. The average molecular weight is 339 g/mol. The molecule has 1 aromatic carbocycles. The summed E-state index contributed by atoms with van der Waals surface area (Å²) in [6.07, 6.45) is 1.48. The summed E-state index contributed by atoms with van der Waals surface area (Å²) in [4.78, 5) is 10.8. The van der Waals surface area contributed by atoms with Crippen molar-refractivity contribution in [3.8, 4) is 0 Å². The maximum Gasteiger partial charge on any atom is 1.00 e. The summed E-state index contributed by atoms with van der Waals surface area (Å²) in [5.74, 6) is -0.725. The van der Waals surface area contributed by atoms with Gasteiger partial charge in [-0.15, -0.1) is 0 Å². The molecule has 0 saturated heterocycles. The molecule has 0 fully saturated rings. The number of carbonyl (C=O) groups is 1. The van der Waals surface area contributed by atoms with Gasteiger partial charge in [-0.05, 0) is 24.3 Å². The van der Waals surface area contributed by atoms with E-state index in [1.807, 2.05) is 0 Å². The summed E-state index contributed by atoms with van der Waals surface area (Å²) in [5, 5.41) is 16.8. The van der Waals surface area contributed by atoms with Crippen LogP contribution in [0.2, 0.25) is 5.02 Å². The topological polar surface area (TPSA) is 123 Å². The smallest absolute Gasteiger partial charge is 1.00 e. The number of halogens is 1. The molecule has 7 nitrogen and oxygen atoms in total. The number of carboxylic acid groups (broad SMARTS) is 1. The Morgan fingerprint density at radius 1 is 1.45 bits per heavy atom. The number of hydrogen-bond donors (Lipinski definition) is 3. The molecule has 4 N–H and O–H groups in total. The second-order valence-corrected chi connectivity index (χ2v) is 6.05. The van der Waals surface area contributed by atoms with Crippen molar-refractivity contribution in [2.45, 2.75) is 11.4 Å². The first-order valence-electron chi connectivity index (χ1n) is 5.65. The third-order valence-electron chi connectivity index (χ3n) is 2.64. The van der Waals surface area contributed by atoms with Crippen LogP contribution in [0.15, 0.2) is 39.8 Å². The zero-order chi connectivity index (χ0) is 15.6. The van der Waals surface area contributed by atoms with E-state index < -0.39 is 20.9 Å². The molecule has 0 bridgehead atoms. The van der Waals surface area contributed by atoms with E-state index in [1.54, 1.807) is 12.1 Å². The van der Waals surface area contributed by atoms with Crippen molar-refractivity contribution in [2.75, 3.05) is 5.32 Å². The van der Waals surface area contributed by atoms with Gasteiger partial charge in [0.1, 0.15) is 10.7 Å². The first kappa shape index (κ1) is 18.6. The molecule has 22 heavy (non-hydrogen) atoms. The molecule has 114 valence electrons. The fraction of sp³-hybridized carbons (Fsp3) is 0.0833. The summed E-state index contributed by atoms with van der Waals surface area (Å²) in [6, 6.07) is 5.51. The number of primary sulfonamides is 1. The van der Waals surface area contributed by atoms with E-state index in [9.17, 15) is 13.2 Å². The minimum Gasteiger partial charge on any atom is -1.00 e. The van der Waals surface area contributed by atoms with Crippen LogP contribution in [0.4, 0.5) is 5.69 Å². The first-order chi connectivity index (χ1) is 9.79. The Morgan fingerprint density at radius 3 is 2.64 bits per heavy atom. The number of hydrogen-bond acceptors (Lipinski definition) is 5. The molecule has 0 amide bonds. The maximum absolute atomic E-state index is 11.3. The molecule has 1 aromatic heterocycles. The summed E-state index contributed by atoms with van der Waals surface area (Å²) in [6.45, 7) is 0.221. The number of nitrogens with two attached hydrogens (primary N) is 1. The van der Waals surface area contributed by atoms with E-state index in [0.717, 1.165) is 6.07 Å². The van der Waals surface area contributed by atoms with E-state index in [4.69, 9.17) is 26.3 Å². The van der Waals surface area contributed by atoms with Crippen LogP contribution in [0, 0.1) is 0 Å². The number of sulfonamides is 1. The van der Waals surface area contributed by atoms with Crippen LogP contribution in [-0.4, -0.2) is 19.5 Å². The Labute approximate surface area is 145 Å². The van der Waals surface area contributed by atoms with Gasteiger partial charge in [-0.3, -0.25) is 0 Å². The zero-order valence-electron chi connectivity index (χ0n) is 12.5. The molecule has 0 unspecified atom stereocenters. The van der Waals surface area contributed by atoms with E-state index in [1.165, 1.54) is 12.3 Å². The van der Waals surface area contributed by atoms with Gasteiger partial charge < -0.3 is 16.3 Å². The summed E-state index contributed by atoms with van der Waals surface area (Å²) >= 11 is 5.84. The minimum absolute atomic E-state index is 0. The fourth-order valence-corrected chi connectivity index (χ4v) is 2.79. The molecule has 0 aliphatic rings. The van der Waals surface area contributed by atoms with Crippen LogP contribution in [-0.2, 0) is 16.6 Å². The molecule has 0 spiro atoms. The average Bonchev–Trinajstić information content (AvgIpc) is 2.87. The number of furan rings is 1. The predicted molar refractivity (Wildman–Crippen MR) is 76.9 cm³/mol. The number of carboxylic acids is 1. The van der Waals surface area contributed by atoms with E-state index in [2.05, 4.69) is 5.32 Å². The Hall–Kier alpha value is -1.43.